The third-order valence-corrected chi connectivity index (χ3v) is 2.18. The van der Waals surface area contributed by atoms with Gasteiger partial charge in [0.05, 0.1) is 6.10 Å². The van der Waals surface area contributed by atoms with Crippen molar-refractivity contribution in [1.29, 1.82) is 0 Å². The largest absolute Gasteiger partial charge is 0.480 e. The van der Waals surface area contributed by atoms with Gasteiger partial charge in [0.1, 0.15) is 5.60 Å². The topological polar surface area (TPSA) is 110 Å². The summed E-state index contributed by atoms with van der Waals surface area (Å²) in [5.41, 5.74) is 2.35. The van der Waals surface area contributed by atoms with Crippen molar-refractivity contribution in [3.63, 3.8) is 0 Å². The minimum atomic E-state index is -2.10. The third kappa shape index (κ3) is 2.93. The average molecular weight is 233 g/mol. The van der Waals surface area contributed by atoms with Crippen molar-refractivity contribution in [2.45, 2.75) is 39.4 Å². The summed E-state index contributed by atoms with van der Waals surface area (Å²) in [6, 6.07) is 0. The van der Waals surface area contributed by atoms with Crippen LogP contribution in [0.1, 0.15) is 27.7 Å². The van der Waals surface area contributed by atoms with Crippen molar-refractivity contribution in [3.8, 4) is 0 Å². The van der Waals surface area contributed by atoms with Crippen molar-refractivity contribution in [1.82, 2.24) is 0 Å². The van der Waals surface area contributed by atoms with Crippen molar-refractivity contribution in [2.75, 3.05) is 6.54 Å². The smallest absolute Gasteiger partial charge is 0.328 e. The van der Waals surface area contributed by atoms with Crippen LogP contribution in [0, 0.1) is 5.41 Å². The van der Waals surface area contributed by atoms with Gasteiger partial charge in [0.15, 0.2) is 0 Å². The molecule has 2 unspecified atom stereocenters. The molecule has 0 aliphatic heterocycles. The number of esters is 1. The molecule has 0 bridgehead atoms. The maximum atomic E-state index is 11.8. The maximum absolute atomic E-state index is 11.8. The highest BCUT2D eigenvalue weighted by Gasteiger charge is 2.52. The first-order valence-electron chi connectivity index (χ1n) is 4.93. The van der Waals surface area contributed by atoms with E-state index in [4.69, 9.17) is 15.6 Å². The van der Waals surface area contributed by atoms with E-state index in [0.717, 1.165) is 0 Å². The Morgan fingerprint density at radius 2 is 1.81 bits per heavy atom. The minimum Gasteiger partial charge on any atom is -0.480 e. The molecule has 0 amide bonds. The summed E-state index contributed by atoms with van der Waals surface area (Å²) >= 11 is 0. The van der Waals surface area contributed by atoms with Gasteiger partial charge in [-0.1, -0.05) is 0 Å². The molecule has 4 N–H and O–H groups in total. The minimum absolute atomic E-state index is 0.519. The summed E-state index contributed by atoms with van der Waals surface area (Å²) in [4.78, 5) is 22.8. The molecular formula is C10H19NO5. The Bertz CT molecular complexity index is 281. The molecule has 0 aromatic heterocycles. The molecule has 0 rings (SSSR count). The van der Waals surface area contributed by atoms with Crippen LogP contribution in [-0.4, -0.2) is 40.4 Å². The number of aliphatic carboxylic acids is 1. The quantitative estimate of drug-likeness (QED) is 0.456. The molecule has 16 heavy (non-hydrogen) atoms. The van der Waals surface area contributed by atoms with Crippen LogP contribution < -0.4 is 5.73 Å². The molecule has 0 spiro atoms. The molecule has 0 heterocycles. The van der Waals surface area contributed by atoms with E-state index in [-0.39, 0.29) is 0 Å². The zero-order chi connectivity index (χ0) is 13.1. The fraction of sp³-hybridized carbons (Fsp3) is 0.800. The van der Waals surface area contributed by atoms with Gasteiger partial charge in [0.25, 0.3) is 0 Å². The van der Waals surface area contributed by atoms with Crippen LogP contribution in [0.4, 0.5) is 0 Å². The van der Waals surface area contributed by atoms with Gasteiger partial charge in [-0.2, -0.15) is 0 Å². The predicted octanol–water partition coefficient (Wildman–Crippen LogP) is -0.261. The molecule has 0 aliphatic carbocycles. The van der Waals surface area contributed by atoms with Crippen LogP contribution in [-0.2, 0) is 14.3 Å². The van der Waals surface area contributed by atoms with E-state index in [0.29, 0.717) is 0 Å². The van der Waals surface area contributed by atoms with E-state index in [1.54, 1.807) is 20.8 Å². The number of carbonyl (C=O) groups is 2. The Labute approximate surface area is 94.4 Å². The summed E-state index contributed by atoms with van der Waals surface area (Å²) in [6.07, 6.45) is -1.43. The van der Waals surface area contributed by atoms with Gasteiger partial charge in [-0.3, -0.25) is 9.59 Å². The van der Waals surface area contributed by atoms with Crippen molar-refractivity contribution in [2.24, 2.45) is 11.1 Å². The highest BCUT2D eigenvalue weighted by atomic mass is 16.6. The Hall–Kier alpha value is -1.14. The van der Waals surface area contributed by atoms with Gasteiger partial charge >= 0.3 is 11.9 Å². The molecule has 0 aromatic rings. The van der Waals surface area contributed by atoms with E-state index in [9.17, 15) is 14.7 Å². The number of carbonyl (C=O) groups excluding carboxylic acids is 1. The number of hydrogen-bond donors (Lipinski definition) is 3. The van der Waals surface area contributed by atoms with Crippen LogP contribution >= 0.6 is 0 Å². The number of carboxylic acid groups (broad SMARTS) is 1. The summed E-state index contributed by atoms with van der Waals surface area (Å²) < 4.78 is 4.96. The molecule has 0 saturated carbocycles. The number of ether oxygens (including phenoxy) is 1. The molecule has 0 aliphatic rings. The van der Waals surface area contributed by atoms with Gasteiger partial charge in [-0.25, -0.2) is 0 Å². The zero-order valence-corrected chi connectivity index (χ0v) is 9.98. The van der Waals surface area contributed by atoms with Gasteiger partial charge in [-0.05, 0) is 27.7 Å². The molecule has 0 saturated heterocycles. The number of rotatable bonds is 4. The van der Waals surface area contributed by atoms with E-state index < -0.39 is 35.6 Å². The van der Waals surface area contributed by atoms with Crippen LogP contribution in [0.15, 0.2) is 0 Å². The van der Waals surface area contributed by atoms with Crippen LogP contribution in [0.3, 0.4) is 0 Å². The van der Waals surface area contributed by atoms with Crippen molar-refractivity contribution in [3.05, 3.63) is 0 Å². The van der Waals surface area contributed by atoms with Crippen molar-refractivity contribution >= 4 is 11.9 Å². The molecular weight excluding hydrogens is 214 g/mol. The number of nitrogens with two attached hydrogens (primary N) is 1. The first-order chi connectivity index (χ1) is 7.08. The Kier molecular flexibility index (Phi) is 4.45. The number of hydrogen-bond acceptors (Lipinski definition) is 5. The molecule has 0 fully saturated rings. The fourth-order valence-electron chi connectivity index (χ4n) is 1.15. The maximum Gasteiger partial charge on any atom is 0.328 e. The first-order valence-corrected chi connectivity index (χ1v) is 4.93. The second-order valence-electron chi connectivity index (χ2n) is 4.66. The normalized spacial score (nSPS) is 17.4. The molecule has 6 nitrogen and oxygen atoms in total. The summed E-state index contributed by atoms with van der Waals surface area (Å²) in [6.45, 7) is 5.50. The summed E-state index contributed by atoms with van der Waals surface area (Å²) in [5, 5.41) is 18.5. The monoisotopic (exact) mass is 233 g/mol. The van der Waals surface area contributed by atoms with Gasteiger partial charge < -0.3 is 20.7 Å². The lowest BCUT2D eigenvalue weighted by atomic mass is 9.82. The second-order valence-corrected chi connectivity index (χ2v) is 4.66. The average Bonchev–Trinajstić information content (AvgIpc) is 2.00. The second kappa shape index (κ2) is 4.80. The summed E-state index contributed by atoms with van der Waals surface area (Å²) in [7, 11) is 0. The lowest BCUT2D eigenvalue weighted by Gasteiger charge is -2.31. The van der Waals surface area contributed by atoms with Crippen LogP contribution in [0.2, 0.25) is 0 Å². The zero-order valence-electron chi connectivity index (χ0n) is 9.98. The number of aliphatic hydroxyl groups excluding tert-OH is 1. The van der Waals surface area contributed by atoms with Gasteiger partial charge in [-0.15, -0.1) is 0 Å². The van der Waals surface area contributed by atoms with E-state index in [2.05, 4.69) is 0 Å². The Balaban J connectivity index is 5.20. The van der Waals surface area contributed by atoms with E-state index in [1.165, 1.54) is 6.92 Å². The van der Waals surface area contributed by atoms with Crippen LogP contribution in [0.5, 0.6) is 0 Å². The van der Waals surface area contributed by atoms with Gasteiger partial charge in [0, 0.05) is 6.54 Å². The molecule has 6 heteroatoms. The lowest BCUT2D eigenvalue weighted by Crippen LogP contribution is -2.55. The molecule has 2 atom stereocenters. The summed E-state index contributed by atoms with van der Waals surface area (Å²) in [5.74, 6) is -2.51. The standard InChI is InChI=1S/C10H19NO5/c1-6(12)10(5-11,7(13)14)8(15)16-9(2,3)4/h6,12H,5,11H2,1-4H3,(H,13,14). The fourth-order valence-corrected chi connectivity index (χ4v) is 1.15. The molecule has 94 valence electrons. The lowest BCUT2D eigenvalue weighted by molar-refractivity contribution is -0.183. The number of carboxylic acids is 1. The predicted molar refractivity (Wildman–Crippen MR) is 56.6 cm³/mol. The van der Waals surface area contributed by atoms with Gasteiger partial charge in [0.2, 0.25) is 5.41 Å². The third-order valence-electron chi connectivity index (χ3n) is 2.18. The van der Waals surface area contributed by atoms with Crippen molar-refractivity contribution < 1.29 is 24.5 Å². The molecule has 0 aromatic carbocycles. The SMILES string of the molecule is CC(O)C(CN)(C(=O)O)C(=O)OC(C)(C)C. The number of aliphatic hydroxyl groups is 1. The van der Waals surface area contributed by atoms with Crippen LogP contribution in [0.25, 0.3) is 0 Å². The highest BCUT2D eigenvalue weighted by molar-refractivity contribution is 6.00. The Morgan fingerprint density at radius 3 is 2.00 bits per heavy atom. The highest BCUT2D eigenvalue weighted by Crippen LogP contribution is 2.26. The van der Waals surface area contributed by atoms with E-state index >= 15 is 0 Å². The Morgan fingerprint density at radius 1 is 1.38 bits per heavy atom. The van der Waals surface area contributed by atoms with E-state index in [1.807, 2.05) is 0 Å². The molecule has 0 radical (unpaired) electrons. The first kappa shape index (κ1) is 14.9.